The maximum absolute atomic E-state index is 11.4. The van der Waals surface area contributed by atoms with Crippen LogP contribution in [0.3, 0.4) is 0 Å². The van der Waals surface area contributed by atoms with Crippen LogP contribution in [0.15, 0.2) is 12.1 Å². The SMILES string of the molecule is NCCNCc1[nH]c(C(=O)O)c(Cl)c1-c1ccc(CO)c(CO)c1CO.O=C=O. The Kier molecular flexibility index (Phi) is 10.2. The van der Waals surface area contributed by atoms with Crippen molar-refractivity contribution >= 4 is 23.7 Å². The summed E-state index contributed by atoms with van der Waals surface area (Å²) in [6.07, 6.45) is 0.250. The molecule has 0 radical (unpaired) electrons. The number of halogens is 1. The second-order valence-corrected chi connectivity index (χ2v) is 6.10. The Morgan fingerprint density at radius 2 is 1.76 bits per heavy atom. The fourth-order valence-electron chi connectivity index (χ4n) is 2.90. The number of carboxylic acids is 1. The maximum Gasteiger partial charge on any atom is 0.373 e. The maximum atomic E-state index is 11.4. The molecule has 0 atom stereocenters. The minimum absolute atomic E-state index is 0.0115. The molecular formula is C18H22ClN3O7. The Hall–Kier alpha value is -2.56. The summed E-state index contributed by atoms with van der Waals surface area (Å²) in [6.45, 7) is 0.150. The van der Waals surface area contributed by atoms with Crippen molar-refractivity contribution in [1.82, 2.24) is 10.3 Å². The van der Waals surface area contributed by atoms with E-state index in [1.54, 1.807) is 12.1 Å². The Morgan fingerprint density at radius 3 is 2.24 bits per heavy atom. The van der Waals surface area contributed by atoms with E-state index in [4.69, 9.17) is 26.9 Å². The normalized spacial score (nSPS) is 10.2. The van der Waals surface area contributed by atoms with Gasteiger partial charge in [-0.2, -0.15) is 9.59 Å². The largest absolute Gasteiger partial charge is 0.477 e. The van der Waals surface area contributed by atoms with Crippen LogP contribution in [0.4, 0.5) is 0 Å². The Bertz CT molecular complexity index is 877. The van der Waals surface area contributed by atoms with Crippen LogP contribution in [0.25, 0.3) is 11.1 Å². The first kappa shape index (κ1) is 24.5. The highest BCUT2D eigenvalue weighted by Crippen LogP contribution is 2.38. The zero-order valence-electron chi connectivity index (χ0n) is 15.4. The molecule has 0 amide bonds. The minimum Gasteiger partial charge on any atom is -0.477 e. The molecule has 8 N–H and O–H groups in total. The molecule has 0 saturated carbocycles. The van der Waals surface area contributed by atoms with Crippen molar-refractivity contribution in [3.05, 3.63) is 45.2 Å². The summed E-state index contributed by atoms with van der Waals surface area (Å²) in [6, 6.07) is 3.25. The van der Waals surface area contributed by atoms with Gasteiger partial charge in [0.1, 0.15) is 5.69 Å². The van der Waals surface area contributed by atoms with Gasteiger partial charge in [0.25, 0.3) is 0 Å². The van der Waals surface area contributed by atoms with Crippen LogP contribution in [0.5, 0.6) is 0 Å². The van der Waals surface area contributed by atoms with E-state index < -0.39 is 12.6 Å². The number of H-pyrrole nitrogens is 1. The predicted molar refractivity (Wildman–Crippen MR) is 102 cm³/mol. The number of aromatic carboxylic acids is 1. The van der Waals surface area contributed by atoms with Crippen molar-refractivity contribution in [2.75, 3.05) is 13.1 Å². The van der Waals surface area contributed by atoms with Crippen LogP contribution >= 0.6 is 11.6 Å². The number of carbonyl (C=O) groups excluding carboxylic acids is 2. The third-order valence-corrected chi connectivity index (χ3v) is 4.52. The van der Waals surface area contributed by atoms with Crippen molar-refractivity contribution in [3.8, 4) is 11.1 Å². The lowest BCUT2D eigenvalue weighted by Crippen LogP contribution is -2.22. The number of carboxylic acid groups (broad SMARTS) is 1. The molecule has 1 heterocycles. The van der Waals surface area contributed by atoms with Crippen LogP contribution in [-0.4, -0.2) is 50.6 Å². The zero-order valence-corrected chi connectivity index (χ0v) is 16.1. The number of nitrogens with one attached hydrogen (secondary N) is 2. The lowest BCUT2D eigenvalue weighted by molar-refractivity contribution is -0.191. The minimum atomic E-state index is -1.21. The number of aromatic nitrogens is 1. The lowest BCUT2D eigenvalue weighted by Gasteiger charge is -2.16. The van der Waals surface area contributed by atoms with E-state index in [0.717, 1.165) is 0 Å². The van der Waals surface area contributed by atoms with E-state index >= 15 is 0 Å². The molecule has 2 rings (SSSR count). The first-order valence-corrected chi connectivity index (χ1v) is 8.79. The molecule has 0 aliphatic rings. The van der Waals surface area contributed by atoms with Gasteiger partial charge in [-0.15, -0.1) is 0 Å². The average Bonchev–Trinajstić information content (AvgIpc) is 3.03. The van der Waals surface area contributed by atoms with Crippen LogP contribution in [-0.2, 0) is 36.0 Å². The molecule has 1 aromatic heterocycles. The Labute approximate surface area is 170 Å². The van der Waals surface area contributed by atoms with Crippen molar-refractivity contribution < 1.29 is 34.8 Å². The second kappa shape index (κ2) is 12.1. The highest BCUT2D eigenvalue weighted by molar-refractivity contribution is 6.36. The van der Waals surface area contributed by atoms with Gasteiger partial charge in [-0.3, -0.25) is 0 Å². The zero-order chi connectivity index (χ0) is 22.0. The van der Waals surface area contributed by atoms with E-state index in [1.807, 2.05) is 0 Å². The van der Waals surface area contributed by atoms with Gasteiger partial charge in [0.15, 0.2) is 0 Å². The van der Waals surface area contributed by atoms with Crippen molar-refractivity contribution in [2.24, 2.45) is 5.73 Å². The quantitative estimate of drug-likeness (QED) is 0.270. The molecule has 0 bridgehead atoms. The monoisotopic (exact) mass is 427 g/mol. The van der Waals surface area contributed by atoms with E-state index in [1.165, 1.54) is 0 Å². The van der Waals surface area contributed by atoms with Gasteiger partial charge in [-0.25, -0.2) is 4.79 Å². The third kappa shape index (κ3) is 5.72. The molecule has 10 nitrogen and oxygen atoms in total. The molecule has 0 aliphatic heterocycles. The van der Waals surface area contributed by atoms with E-state index in [2.05, 4.69) is 10.3 Å². The third-order valence-electron chi connectivity index (χ3n) is 4.14. The average molecular weight is 428 g/mol. The first-order valence-electron chi connectivity index (χ1n) is 8.41. The van der Waals surface area contributed by atoms with Gasteiger partial charge in [0.2, 0.25) is 0 Å². The molecule has 2 aromatic rings. The molecule has 0 fully saturated rings. The van der Waals surface area contributed by atoms with Gasteiger partial charge in [0.05, 0.1) is 24.8 Å². The molecule has 0 aliphatic carbocycles. The second-order valence-electron chi connectivity index (χ2n) is 5.73. The number of hydrogen-bond donors (Lipinski definition) is 7. The van der Waals surface area contributed by atoms with Gasteiger partial charge in [-0.1, -0.05) is 23.7 Å². The van der Waals surface area contributed by atoms with Crippen molar-refractivity contribution in [3.63, 3.8) is 0 Å². The summed E-state index contributed by atoms with van der Waals surface area (Å²) in [5, 5.41) is 41.4. The molecule has 11 heteroatoms. The highest BCUT2D eigenvalue weighted by atomic mass is 35.5. The van der Waals surface area contributed by atoms with Crippen molar-refractivity contribution in [1.29, 1.82) is 0 Å². The van der Waals surface area contributed by atoms with E-state index in [-0.39, 0.29) is 30.1 Å². The molecule has 158 valence electrons. The fourth-order valence-corrected chi connectivity index (χ4v) is 3.25. The smallest absolute Gasteiger partial charge is 0.373 e. The van der Waals surface area contributed by atoms with Crippen LogP contribution in [0.1, 0.15) is 32.9 Å². The van der Waals surface area contributed by atoms with Gasteiger partial charge >= 0.3 is 12.1 Å². The number of hydrogen-bond acceptors (Lipinski definition) is 8. The number of aromatic amines is 1. The summed E-state index contributed by atoms with van der Waals surface area (Å²) in [5.41, 5.74) is 8.00. The molecular weight excluding hydrogens is 406 g/mol. The van der Waals surface area contributed by atoms with Gasteiger partial charge in [-0.05, 0) is 22.3 Å². The summed E-state index contributed by atoms with van der Waals surface area (Å²) in [5.74, 6) is -1.21. The molecule has 29 heavy (non-hydrogen) atoms. The van der Waals surface area contributed by atoms with Crippen LogP contribution < -0.4 is 11.1 Å². The number of aliphatic hydroxyl groups is 3. The number of aliphatic hydroxyl groups excluding tert-OH is 3. The predicted octanol–water partition coefficient (Wildman–Crippen LogP) is -0.0250. The molecule has 0 unspecified atom stereocenters. The van der Waals surface area contributed by atoms with Crippen LogP contribution in [0, 0.1) is 0 Å². The van der Waals surface area contributed by atoms with Gasteiger partial charge in [0, 0.05) is 30.9 Å². The van der Waals surface area contributed by atoms with Crippen LogP contribution in [0.2, 0.25) is 5.02 Å². The summed E-state index contributed by atoms with van der Waals surface area (Å²) in [4.78, 5) is 30.5. The number of rotatable bonds is 9. The number of nitrogens with two attached hydrogens (primary N) is 1. The molecule has 1 aromatic carbocycles. The topological polar surface area (TPSA) is 186 Å². The van der Waals surface area contributed by atoms with E-state index in [0.29, 0.717) is 53.1 Å². The highest BCUT2D eigenvalue weighted by Gasteiger charge is 2.24. The Balaban J connectivity index is 0.00000132. The fraction of sp³-hybridized carbons (Fsp3) is 0.333. The first-order chi connectivity index (χ1) is 13.9. The lowest BCUT2D eigenvalue weighted by atomic mass is 9.92. The summed E-state index contributed by atoms with van der Waals surface area (Å²) in [7, 11) is 0. The molecule has 0 saturated heterocycles. The standard InChI is InChI=1S/C17H22ClN3O5.CO2/c18-15-14(13(5-20-4-3-19)21-16(15)17(25)26)10-2-1-9(6-22)11(7-23)12(10)8-24;2-1-3/h1-2,20-24H,3-8,19H2,(H,25,26);. The number of benzene rings is 1. The molecule has 0 spiro atoms. The Morgan fingerprint density at radius 1 is 1.14 bits per heavy atom. The number of carbonyl (C=O) groups is 1. The summed E-state index contributed by atoms with van der Waals surface area (Å²) < 4.78 is 0. The summed E-state index contributed by atoms with van der Waals surface area (Å²) >= 11 is 6.31. The van der Waals surface area contributed by atoms with E-state index in [9.17, 15) is 25.2 Å². The van der Waals surface area contributed by atoms with Gasteiger partial charge < -0.3 is 36.5 Å². The van der Waals surface area contributed by atoms with Crippen molar-refractivity contribution in [2.45, 2.75) is 26.4 Å².